The Balaban J connectivity index is 1.79. The molecule has 2 heterocycles. The maximum Gasteiger partial charge on any atom is 0.248 e. The van der Waals surface area contributed by atoms with Crippen LogP contribution in [-0.4, -0.2) is 60.5 Å². The summed E-state index contributed by atoms with van der Waals surface area (Å²) in [6.07, 6.45) is 0. The van der Waals surface area contributed by atoms with E-state index in [9.17, 15) is 18.0 Å². The molecule has 0 aliphatic carbocycles. The Morgan fingerprint density at radius 2 is 1.93 bits per heavy atom. The van der Waals surface area contributed by atoms with E-state index in [2.05, 4.69) is 10.3 Å². The molecule has 1 saturated heterocycles. The van der Waals surface area contributed by atoms with E-state index in [1.807, 2.05) is 35.2 Å². The number of nitrogens with one attached hydrogen (secondary N) is 1. The molecule has 0 saturated carbocycles. The van der Waals surface area contributed by atoms with E-state index in [0.717, 1.165) is 15.5 Å². The largest absolute Gasteiger partial charge is 0.369 e. The monoisotopic (exact) mass is 454 g/mol. The van der Waals surface area contributed by atoms with Crippen molar-refractivity contribution in [3.8, 4) is 0 Å². The maximum atomic E-state index is 13.1. The minimum atomic E-state index is -3.06. The number of carbonyl (C=O) groups is 2. The zero-order valence-electron chi connectivity index (χ0n) is 15.8. The van der Waals surface area contributed by atoms with E-state index in [1.165, 1.54) is 23.1 Å². The van der Waals surface area contributed by atoms with Crippen molar-refractivity contribution in [3.05, 3.63) is 41.6 Å². The number of rotatable bonds is 7. The van der Waals surface area contributed by atoms with E-state index in [4.69, 9.17) is 5.73 Å². The Kier molecular flexibility index (Phi) is 6.93. The Morgan fingerprint density at radius 3 is 2.55 bits per heavy atom. The van der Waals surface area contributed by atoms with Crippen LogP contribution in [0, 0.1) is 6.92 Å². The van der Waals surface area contributed by atoms with Crippen molar-refractivity contribution in [2.45, 2.75) is 17.2 Å². The van der Waals surface area contributed by atoms with Gasteiger partial charge in [0.15, 0.2) is 15.0 Å². The first-order chi connectivity index (χ1) is 13.7. The van der Waals surface area contributed by atoms with Gasteiger partial charge in [0, 0.05) is 13.1 Å². The molecule has 1 aromatic heterocycles. The Hall–Kier alpha value is -1.95. The second kappa shape index (κ2) is 9.24. The summed E-state index contributed by atoms with van der Waals surface area (Å²) in [5.74, 6) is -0.471. The first-order valence-electron chi connectivity index (χ1n) is 8.94. The molecule has 1 atom stereocenters. The molecular weight excluding hydrogens is 432 g/mol. The number of primary amides is 1. The Bertz CT molecular complexity index is 978. The molecule has 0 bridgehead atoms. The van der Waals surface area contributed by atoms with Crippen LogP contribution in [0.25, 0.3) is 0 Å². The van der Waals surface area contributed by atoms with Crippen molar-refractivity contribution in [1.29, 1.82) is 0 Å². The topological polar surface area (TPSA) is 122 Å². The number of thioether (sulfide) groups is 1. The SMILES string of the molecule is Cc1nc(NC(=O)C(c2ccccc2)N2CCS(=O)(=O)CC2)sc1SCC(N)=O. The molecule has 29 heavy (non-hydrogen) atoms. The number of nitrogens with two attached hydrogens (primary N) is 1. The molecule has 3 rings (SSSR count). The van der Waals surface area contributed by atoms with Crippen LogP contribution in [0.15, 0.2) is 34.5 Å². The van der Waals surface area contributed by atoms with Crippen molar-refractivity contribution < 1.29 is 18.0 Å². The first kappa shape index (κ1) is 21.8. The van der Waals surface area contributed by atoms with Crippen LogP contribution in [0.4, 0.5) is 5.13 Å². The summed E-state index contributed by atoms with van der Waals surface area (Å²) < 4.78 is 24.4. The third kappa shape index (κ3) is 5.78. The number of hydrogen-bond donors (Lipinski definition) is 2. The Morgan fingerprint density at radius 1 is 1.28 bits per heavy atom. The summed E-state index contributed by atoms with van der Waals surface area (Å²) in [5.41, 5.74) is 6.70. The Labute approximate surface area is 177 Å². The molecular formula is C18H22N4O4S3. The standard InChI is InChI=1S/C18H22N4O4S3/c1-12-17(27-11-14(19)23)28-18(20-12)21-16(24)15(13-5-3-2-4-6-13)22-7-9-29(25,26)10-8-22/h2-6,15H,7-11H2,1H3,(H2,19,23)(H,20,21,24). The smallest absolute Gasteiger partial charge is 0.248 e. The fourth-order valence-electron chi connectivity index (χ4n) is 3.03. The minimum Gasteiger partial charge on any atom is -0.369 e. The van der Waals surface area contributed by atoms with Crippen LogP contribution < -0.4 is 11.1 Å². The quantitative estimate of drug-likeness (QED) is 0.607. The van der Waals surface area contributed by atoms with E-state index >= 15 is 0 Å². The number of aromatic nitrogens is 1. The van der Waals surface area contributed by atoms with Crippen LogP contribution in [0.5, 0.6) is 0 Å². The normalized spacial score (nSPS) is 17.6. The van der Waals surface area contributed by atoms with E-state index < -0.39 is 21.8 Å². The molecule has 1 aromatic carbocycles. The molecule has 156 valence electrons. The van der Waals surface area contributed by atoms with Crippen molar-refractivity contribution in [2.75, 3.05) is 35.7 Å². The van der Waals surface area contributed by atoms with Crippen molar-refractivity contribution in [1.82, 2.24) is 9.88 Å². The van der Waals surface area contributed by atoms with E-state index in [0.29, 0.717) is 18.2 Å². The summed E-state index contributed by atoms with van der Waals surface area (Å²) in [6, 6.07) is 8.66. The number of sulfone groups is 1. The average molecular weight is 455 g/mol. The van der Waals surface area contributed by atoms with Gasteiger partial charge in [-0.15, -0.1) is 11.8 Å². The van der Waals surface area contributed by atoms with Crippen molar-refractivity contribution in [2.24, 2.45) is 5.73 Å². The molecule has 11 heteroatoms. The third-order valence-corrected chi connectivity index (χ3v) is 8.50. The number of thiazole rings is 1. The lowest BCUT2D eigenvalue weighted by molar-refractivity contribution is -0.121. The van der Waals surface area contributed by atoms with Gasteiger partial charge in [0.1, 0.15) is 6.04 Å². The zero-order chi connectivity index (χ0) is 21.0. The molecule has 2 amide bonds. The van der Waals surface area contributed by atoms with Gasteiger partial charge in [0.2, 0.25) is 11.8 Å². The molecule has 1 fully saturated rings. The molecule has 2 aromatic rings. The molecule has 0 spiro atoms. The molecule has 3 N–H and O–H groups in total. The molecule has 1 unspecified atom stereocenters. The molecule has 0 radical (unpaired) electrons. The average Bonchev–Trinajstić information content (AvgIpc) is 3.01. The fourth-order valence-corrected chi connectivity index (χ4v) is 6.14. The van der Waals surface area contributed by atoms with Gasteiger partial charge in [-0.1, -0.05) is 41.7 Å². The predicted molar refractivity (Wildman–Crippen MR) is 115 cm³/mol. The van der Waals surface area contributed by atoms with Crippen LogP contribution in [0.1, 0.15) is 17.3 Å². The van der Waals surface area contributed by atoms with E-state index in [-0.39, 0.29) is 23.2 Å². The summed E-state index contributed by atoms with van der Waals surface area (Å²) >= 11 is 2.58. The molecule has 8 nitrogen and oxygen atoms in total. The van der Waals surface area contributed by atoms with Crippen LogP contribution in [0.2, 0.25) is 0 Å². The lowest BCUT2D eigenvalue weighted by Gasteiger charge is -2.33. The second-order valence-electron chi connectivity index (χ2n) is 6.64. The number of hydrogen-bond acceptors (Lipinski definition) is 8. The summed E-state index contributed by atoms with van der Waals surface area (Å²) in [6.45, 7) is 2.40. The zero-order valence-corrected chi connectivity index (χ0v) is 18.3. The van der Waals surface area contributed by atoms with Gasteiger partial charge < -0.3 is 11.1 Å². The lowest BCUT2D eigenvalue weighted by atomic mass is 10.0. The van der Waals surface area contributed by atoms with Gasteiger partial charge in [-0.2, -0.15) is 0 Å². The molecule has 1 aliphatic rings. The second-order valence-corrected chi connectivity index (χ2v) is 11.2. The number of nitrogens with zero attached hydrogens (tertiary/aromatic N) is 2. The number of aryl methyl sites for hydroxylation is 1. The number of benzene rings is 1. The van der Waals surface area contributed by atoms with Crippen molar-refractivity contribution >= 4 is 49.9 Å². The fraction of sp³-hybridized carbons (Fsp3) is 0.389. The number of anilines is 1. The van der Waals surface area contributed by atoms with Crippen LogP contribution >= 0.6 is 23.1 Å². The lowest BCUT2D eigenvalue weighted by Crippen LogP contribution is -2.46. The highest BCUT2D eigenvalue weighted by Crippen LogP contribution is 2.33. The highest BCUT2D eigenvalue weighted by molar-refractivity contribution is 8.01. The number of amides is 2. The highest BCUT2D eigenvalue weighted by atomic mass is 32.2. The first-order valence-corrected chi connectivity index (χ1v) is 12.6. The van der Waals surface area contributed by atoms with Gasteiger partial charge in [-0.25, -0.2) is 13.4 Å². The van der Waals surface area contributed by atoms with Gasteiger partial charge >= 0.3 is 0 Å². The van der Waals surface area contributed by atoms with Crippen molar-refractivity contribution in [3.63, 3.8) is 0 Å². The highest BCUT2D eigenvalue weighted by Gasteiger charge is 2.33. The predicted octanol–water partition coefficient (Wildman–Crippen LogP) is 1.44. The van der Waals surface area contributed by atoms with E-state index in [1.54, 1.807) is 6.92 Å². The van der Waals surface area contributed by atoms with Gasteiger partial charge in [0.25, 0.3) is 0 Å². The summed E-state index contributed by atoms with van der Waals surface area (Å²) in [7, 11) is -3.06. The molecule has 1 aliphatic heterocycles. The van der Waals surface area contributed by atoms with Gasteiger partial charge in [0.05, 0.1) is 27.2 Å². The van der Waals surface area contributed by atoms with Gasteiger partial charge in [-0.3, -0.25) is 14.5 Å². The minimum absolute atomic E-state index is 0.0356. The number of carbonyl (C=O) groups excluding carboxylic acids is 2. The van der Waals surface area contributed by atoms with Gasteiger partial charge in [-0.05, 0) is 12.5 Å². The van der Waals surface area contributed by atoms with Crippen LogP contribution in [0.3, 0.4) is 0 Å². The van der Waals surface area contributed by atoms with Crippen LogP contribution in [-0.2, 0) is 19.4 Å². The summed E-state index contributed by atoms with van der Waals surface area (Å²) in [4.78, 5) is 30.4. The maximum absolute atomic E-state index is 13.1. The summed E-state index contributed by atoms with van der Waals surface area (Å²) in [5, 5.41) is 3.29. The third-order valence-electron chi connectivity index (χ3n) is 4.44.